The van der Waals surface area contributed by atoms with Crippen molar-refractivity contribution < 1.29 is 19.1 Å². The Kier molecular flexibility index (Phi) is 8.51. The molecule has 0 fully saturated rings. The smallest absolute Gasteiger partial charge is 0.329 e. The molecule has 0 aromatic heterocycles. The summed E-state index contributed by atoms with van der Waals surface area (Å²) in [7, 11) is 0. The van der Waals surface area contributed by atoms with Gasteiger partial charge in [0.25, 0.3) is 5.91 Å². The Bertz CT molecular complexity index is 1190. The van der Waals surface area contributed by atoms with Crippen LogP contribution >= 0.6 is 0 Å². The van der Waals surface area contributed by atoms with Crippen molar-refractivity contribution in [2.24, 2.45) is 5.10 Å². The van der Waals surface area contributed by atoms with Crippen molar-refractivity contribution in [3.05, 3.63) is 95.1 Å². The van der Waals surface area contributed by atoms with Crippen LogP contribution in [-0.4, -0.2) is 30.5 Å². The molecule has 34 heavy (non-hydrogen) atoms. The number of hydrazone groups is 1. The Hall–Kier alpha value is -4.46. The van der Waals surface area contributed by atoms with Gasteiger partial charge in [0, 0.05) is 17.8 Å². The van der Waals surface area contributed by atoms with E-state index in [4.69, 9.17) is 4.74 Å². The molecule has 3 aromatic carbocycles. The summed E-state index contributed by atoms with van der Waals surface area (Å²) in [6, 6.07) is 21.8. The molecule has 0 aliphatic rings. The lowest BCUT2D eigenvalue weighted by Crippen LogP contribution is -2.37. The number of para-hydroxylation sites is 1. The number of aryl methyl sites for hydroxylation is 1. The van der Waals surface area contributed by atoms with E-state index in [2.05, 4.69) is 21.2 Å². The normalized spacial score (nSPS) is 10.5. The number of carbonyl (C=O) groups is 3. The first-order valence-corrected chi connectivity index (χ1v) is 10.7. The molecule has 0 unspecified atom stereocenters. The minimum atomic E-state index is -0.890. The van der Waals surface area contributed by atoms with E-state index in [1.165, 1.54) is 6.21 Å². The second kappa shape index (κ2) is 12.0. The van der Waals surface area contributed by atoms with Crippen molar-refractivity contribution in [2.75, 3.05) is 11.9 Å². The number of amides is 3. The molecule has 0 heterocycles. The van der Waals surface area contributed by atoms with E-state index in [1.807, 2.05) is 62.4 Å². The van der Waals surface area contributed by atoms with Gasteiger partial charge in [-0.15, -0.1) is 0 Å². The molecule has 0 aliphatic carbocycles. The zero-order valence-corrected chi connectivity index (χ0v) is 19.0. The Morgan fingerprint density at radius 3 is 2.41 bits per heavy atom. The molecule has 3 N–H and O–H groups in total. The molecular weight excluding hydrogens is 432 g/mol. The van der Waals surface area contributed by atoms with Crippen LogP contribution in [0.15, 0.2) is 77.9 Å². The van der Waals surface area contributed by atoms with Crippen molar-refractivity contribution in [1.29, 1.82) is 0 Å². The molecule has 3 rings (SSSR count). The Morgan fingerprint density at radius 1 is 0.882 bits per heavy atom. The highest BCUT2D eigenvalue weighted by molar-refractivity contribution is 6.35. The zero-order chi connectivity index (χ0) is 24.3. The molecule has 0 aliphatic heterocycles. The summed E-state index contributed by atoms with van der Waals surface area (Å²) in [5.41, 5.74) is 6.40. The summed E-state index contributed by atoms with van der Waals surface area (Å²) in [4.78, 5) is 36.2. The average molecular weight is 459 g/mol. The highest BCUT2D eigenvalue weighted by Gasteiger charge is 2.12. The number of benzene rings is 3. The predicted molar refractivity (Wildman–Crippen MR) is 131 cm³/mol. The summed E-state index contributed by atoms with van der Waals surface area (Å²) >= 11 is 0. The molecule has 0 saturated carbocycles. The lowest BCUT2D eigenvalue weighted by molar-refractivity contribution is -0.139. The number of hydrogen-bond donors (Lipinski definition) is 3. The van der Waals surface area contributed by atoms with Gasteiger partial charge >= 0.3 is 11.8 Å². The first-order valence-electron chi connectivity index (χ1n) is 10.7. The van der Waals surface area contributed by atoms with Crippen LogP contribution in [0, 0.1) is 13.8 Å². The highest BCUT2D eigenvalue weighted by atomic mass is 16.5. The van der Waals surface area contributed by atoms with Crippen LogP contribution in [-0.2, 0) is 20.9 Å². The first kappa shape index (κ1) is 24.2. The third-order valence-corrected chi connectivity index (χ3v) is 5.03. The Labute approximate surface area is 198 Å². The van der Waals surface area contributed by atoms with E-state index in [9.17, 15) is 14.4 Å². The largest absolute Gasteiger partial charge is 0.483 e. The third kappa shape index (κ3) is 7.03. The summed E-state index contributed by atoms with van der Waals surface area (Å²) < 4.78 is 5.64. The number of anilines is 1. The number of rotatable bonds is 8. The quantitative estimate of drug-likeness (QED) is 0.274. The van der Waals surface area contributed by atoms with Gasteiger partial charge in [0.2, 0.25) is 0 Å². The van der Waals surface area contributed by atoms with Crippen LogP contribution in [0.25, 0.3) is 0 Å². The van der Waals surface area contributed by atoms with E-state index in [0.29, 0.717) is 11.3 Å². The van der Waals surface area contributed by atoms with Gasteiger partial charge in [-0.3, -0.25) is 14.4 Å². The Morgan fingerprint density at radius 2 is 1.62 bits per heavy atom. The molecule has 3 amide bonds. The van der Waals surface area contributed by atoms with Crippen molar-refractivity contribution in [2.45, 2.75) is 20.4 Å². The van der Waals surface area contributed by atoms with Gasteiger partial charge < -0.3 is 15.4 Å². The second-order valence-corrected chi connectivity index (χ2v) is 7.49. The monoisotopic (exact) mass is 458 g/mol. The van der Waals surface area contributed by atoms with Gasteiger partial charge in [-0.25, -0.2) is 5.43 Å². The molecule has 0 bridgehead atoms. The van der Waals surface area contributed by atoms with Gasteiger partial charge in [0.15, 0.2) is 6.61 Å². The van der Waals surface area contributed by atoms with Crippen LogP contribution in [0.5, 0.6) is 5.75 Å². The second-order valence-electron chi connectivity index (χ2n) is 7.49. The average Bonchev–Trinajstić information content (AvgIpc) is 2.85. The third-order valence-electron chi connectivity index (χ3n) is 5.03. The summed E-state index contributed by atoms with van der Waals surface area (Å²) in [6.07, 6.45) is 1.35. The van der Waals surface area contributed by atoms with Crippen molar-refractivity contribution in [1.82, 2.24) is 10.7 Å². The number of carbonyl (C=O) groups excluding carboxylic acids is 3. The van der Waals surface area contributed by atoms with Crippen LogP contribution in [0.3, 0.4) is 0 Å². The molecule has 8 heteroatoms. The fraction of sp³-hybridized carbons (Fsp3) is 0.154. The SMILES string of the molecule is Cc1cccc(NC(=O)COc2ccccc2/C=N\NC(=O)C(=O)NCc2ccccc2)c1C. The lowest BCUT2D eigenvalue weighted by Gasteiger charge is -2.12. The Balaban J connectivity index is 1.51. The van der Waals surface area contributed by atoms with Gasteiger partial charge in [0.05, 0.1) is 6.21 Å². The van der Waals surface area contributed by atoms with Crippen molar-refractivity contribution >= 4 is 29.6 Å². The number of ether oxygens (including phenoxy) is 1. The molecule has 0 spiro atoms. The van der Waals surface area contributed by atoms with Gasteiger partial charge in [-0.05, 0) is 48.7 Å². The summed E-state index contributed by atoms with van der Waals surface area (Å²) in [5.74, 6) is -1.58. The maximum Gasteiger partial charge on any atom is 0.329 e. The van der Waals surface area contributed by atoms with Gasteiger partial charge in [-0.1, -0.05) is 54.6 Å². The van der Waals surface area contributed by atoms with Crippen LogP contribution in [0.4, 0.5) is 5.69 Å². The standard InChI is InChI=1S/C26H26N4O4/c1-18-9-8-13-22(19(18)2)29-24(31)17-34-23-14-7-6-12-21(23)16-28-30-26(33)25(32)27-15-20-10-4-3-5-11-20/h3-14,16H,15,17H2,1-2H3,(H,27,32)(H,29,31)(H,30,33)/b28-16-. The maximum absolute atomic E-state index is 12.3. The molecule has 174 valence electrons. The molecule has 3 aromatic rings. The fourth-order valence-electron chi connectivity index (χ4n) is 3.00. The van der Waals surface area contributed by atoms with Crippen molar-refractivity contribution in [3.8, 4) is 5.75 Å². The van der Waals surface area contributed by atoms with Gasteiger partial charge in [-0.2, -0.15) is 5.10 Å². The lowest BCUT2D eigenvalue weighted by atomic mass is 10.1. The molecule has 0 saturated heterocycles. The number of hydrogen-bond acceptors (Lipinski definition) is 5. The van der Waals surface area contributed by atoms with E-state index in [1.54, 1.807) is 24.3 Å². The molecule has 0 radical (unpaired) electrons. The van der Waals surface area contributed by atoms with E-state index in [-0.39, 0.29) is 19.1 Å². The maximum atomic E-state index is 12.3. The number of nitrogens with zero attached hydrogens (tertiary/aromatic N) is 1. The van der Waals surface area contributed by atoms with Crippen LogP contribution in [0.1, 0.15) is 22.3 Å². The molecule has 0 atom stereocenters. The molecular formula is C26H26N4O4. The zero-order valence-electron chi connectivity index (χ0n) is 19.0. The minimum Gasteiger partial charge on any atom is -0.483 e. The van der Waals surface area contributed by atoms with Crippen LogP contribution < -0.4 is 20.8 Å². The molecule has 8 nitrogen and oxygen atoms in total. The highest BCUT2D eigenvalue weighted by Crippen LogP contribution is 2.19. The summed E-state index contributed by atoms with van der Waals surface area (Å²) in [5, 5.41) is 9.19. The van der Waals surface area contributed by atoms with Crippen molar-refractivity contribution in [3.63, 3.8) is 0 Å². The number of nitrogens with one attached hydrogen (secondary N) is 3. The fourth-order valence-corrected chi connectivity index (χ4v) is 3.00. The minimum absolute atomic E-state index is 0.202. The van der Waals surface area contributed by atoms with E-state index >= 15 is 0 Å². The predicted octanol–water partition coefficient (Wildman–Crippen LogP) is 3.09. The van der Waals surface area contributed by atoms with E-state index in [0.717, 1.165) is 22.4 Å². The summed E-state index contributed by atoms with van der Waals surface area (Å²) in [6.45, 7) is 3.95. The topological polar surface area (TPSA) is 109 Å². The van der Waals surface area contributed by atoms with Gasteiger partial charge in [0.1, 0.15) is 5.75 Å². The first-order chi connectivity index (χ1) is 16.4. The van der Waals surface area contributed by atoms with E-state index < -0.39 is 11.8 Å². The van der Waals surface area contributed by atoms with Crippen LogP contribution in [0.2, 0.25) is 0 Å².